The van der Waals surface area contributed by atoms with E-state index in [-0.39, 0.29) is 5.91 Å². The summed E-state index contributed by atoms with van der Waals surface area (Å²) in [4.78, 5) is 11.8. The number of hydrogen-bond donors (Lipinski definition) is 3. The fourth-order valence-corrected chi connectivity index (χ4v) is 1.69. The largest absolute Gasteiger partial charge is 0.481 e. The van der Waals surface area contributed by atoms with Gasteiger partial charge in [-0.15, -0.1) is 0 Å². The Morgan fingerprint density at radius 3 is 2.75 bits per heavy atom. The van der Waals surface area contributed by atoms with Crippen LogP contribution in [-0.4, -0.2) is 23.7 Å². The van der Waals surface area contributed by atoms with E-state index in [1.54, 1.807) is 25.1 Å². The van der Waals surface area contributed by atoms with Crippen LogP contribution in [0.2, 0.25) is 5.02 Å². The Bertz CT molecular complexity index is 497. The molecule has 0 saturated carbocycles. The molecule has 0 fully saturated rings. The smallest absolute Gasteiger partial charge is 0.279 e. The average Bonchev–Trinajstić information content (AvgIpc) is 2.40. The van der Waals surface area contributed by atoms with Gasteiger partial charge in [0.25, 0.3) is 5.91 Å². The number of carbonyl (C=O) groups excluding carboxylic acids is 1. The van der Waals surface area contributed by atoms with Crippen LogP contribution in [0.4, 0.5) is 0 Å². The van der Waals surface area contributed by atoms with E-state index >= 15 is 0 Å². The molecule has 1 aromatic carbocycles. The maximum Gasteiger partial charge on any atom is 0.279 e. The van der Waals surface area contributed by atoms with Crippen molar-refractivity contribution in [3.63, 3.8) is 0 Å². The lowest BCUT2D eigenvalue weighted by Crippen LogP contribution is -2.50. The van der Waals surface area contributed by atoms with Gasteiger partial charge in [0.1, 0.15) is 5.75 Å². The molecular formula is C13H18ClN3O2S. The van der Waals surface area contributed by atoms with E-state index in [2.05, 4.69) is 16.2 Å². The second-order valence-corrected chi connectivity index (χ2v) is 4.96. The minimum atomic E-state index is -0.660. The van der Waals surface area contributed by atoms with E-state index in [0.717, 1.165) is 5.56 Å². The van der Waals surface area contributed by atoms with Gasteiger partial charge in [0.15, 0.2) is 11.2 Å². The molecule has 20 heavy (non-hydrogen) atoms. The van der Waals surface area contributed by atoms with E-state index in [1.807, 2.05) is 13.8 Å². The van der Waals surface area contributed by atoms with Gasteiger partial charge in [0.05, 0.1) is 0 Å². The number of nitrogens with one attached hydrogen (secondary N) is 3. The summed E-state index contributed by atoms with van der Waals surface area (Å²) in [5, 5.41) is 3.87. The number of benzene rings is 1. The van der Waals surface area contributed by atoms with E-state index in [0.29, 0.717) is 22.4 Å². The molecule has 7 heteroatoms. The molecule has 0 aliphatic carbocycles. The molecule has 0 aliphatic rings. The molecule has 1 amide bonds. The van der Waals surface area contributed by atoms with Crippen molar-refractivity contribution in [1.29, 1.82) is 0 Å². The summed E-state index contributed by atoms with van der Waals surface area (Å²) in [6.45, 7) is 6.11. The number of rotatable bonds is 4. The van der Waals surface area contributed by atoms with Gasteiger partial charge in [-0.25, -0.2) is 0 Å². The lowest BCUT2D eigenvalue weighted by Gasteiger charge is -2.16. The van der Waals surface area contributed by atoms with Gasteiger partial charge in [0.2, 0.25) is 0 Å². The van der Waals surface area contributed by atoms with Gasteiger partial charge >= 0.3 is 0 Å². The highest BCUT2D eigenvalue weighted by Crippen LogP contribution is 2.21. The minimum Gasteiger partial charge on any atom is -0.481 e. The summed E-state index contributed by atoms with van der Waals surface area (Å²) < 4.78 is 5.53. The number of halogens is 1. The predicted octanol–water partition coefficient (Wildman–Crippen LogP) is 1.93. The van der Waals surface area contributed by atoms with Gasteiger partial charge in [-0.2, -0.15) is 0 Å². The van der Waals surface area contributed by atoms with Crippen LogP contribution in [0, 0.1) is 6.92 Å². The number of hydrogen-bond acceptors (Lipinski definition) is 3. The fourth-order valence-electron chi connectivity index (χ4n) is 1.37. The Morgan fingerprint density at radius 1 is 1.45 bits per heavy atom. The molecule has 0 bridgehead atoms. The summed E-state index contributed by atoms with van der Waals surface area (Å²) in [7, 11) is 0. The first-order valence-corrected chi connectivity index (χ1v) is 6.99. The summed E-state index contributed by atoms with van der Waals surface area (Å²) in [6, 6.07) is 5.23. The molecule has 1 aromatic rings. The van der Waals surface area contributed by atoms with Crippen LogP contribution >= 0.6 is 23.8 Å². The minimum absolute atomic E-state index is 0.321. The van der Waals surface area contributed by atoms with Crippen molar-refractivity contribution >= 4 is 34.8 Å². The van der Waals surface area contributed by atoms with E-state index < -0.39 is 6.10 Å². The molecule has 5 nitrogen and oxygen atoms in total. The lowest BCUT2D eigenvalue weighted by atomic mass is 10.2. The summed E-state index contributed by atoms with van der Waals surface area (Å²) in [5.74, 6) is 0.265. The van der Waals surface area contributed by atoms with E-state index in [9.17, 15) is 4.79 Å². The molecule has 0 heterocycles. The molecular weight excluding hydrogens is 298 g/mol. The van der Waals surface area contributed by atoms with Crippen molar-refractivity contribution in [3.8, 4) is 5.75 Å². The van der Waals surface area contributed by atoms with Crippen LogP contribution in [0.25, 0.3) is 0 Å². The average molecular weight is 316 g/mol. The number of aryl methyl sites for hydroxylation is 1. The van der Waals surface area contributed by atoms with Gasteiger partial charge in [-0.3, -0.25) is 15.6 Å². The predicted molar refractivity (Wildman–Crippen MR) is 83.8 cm³/mol. The zero-order chi connectivity index (χ0) is 15.1. The van der Waals surface area contributed by atoms with Gasteiger partial charge < -0.3 is 10.1 Å². The highest BCUT2D eigenvalue weighted by atomic mass is 35.5. The summed E-state index contributed by atoms with van der Waals surface area (Å²) in [5.41, 5.74) is 5.95. The van der Waals surface area contributed by atoms with Crippen molar-refractivity contribution in [2.24, 2.45) is 0 Å². The SMILES string of the molecule is CCNC(=S)NNC(=O)[C@@H](C)Oc1ccc(Cl)c(C)c1. The second kappa shape index (κ2) is 7.91. The van der Waals surface area contributed by atoms with Gasteiger partial charge in [0, 0.05) is 11.6 Å². The Morgan fingerprint density at radius 2 is 2.15 bits per heavy atom. The monoisotopic (exact) mass is 315 g/mol. The maximum absolute atomic E-state index is 11.8. The topological polar surface area (TPSA) is 62.4 Å². The lowest BCUT2D eigenvalue weighted by molar-refractivity contribution is -0.127. The molecule has 0 saturated heterocycles. The number of ether oxygens (including phenoxy) is 1. The van der Waals surface area contributed by atoms with E-state index in [4.69, 9.17) is 28.6 Å². The molecule has 0 aliphatic heterocycles. The molecule has 1 rings (SSSR count). The second-order valence-electron chi connectivity index (χ2n) is 4.14. The number of thiocarbonyl (C=S) groups is 1. The Balaban J connectivity index is 2.48. The summed E-state index contributed by atoms with van der Waals surface area (Å²) in [6.07, 6.45) is -0.660. The molecule has 3 N–H and O–H groups in total. The van der Waals surface area contributed by atoms with Gasteiger partial charge in [-0.1, -0.05) is 11.6 Å². The van der Waals surface area contributed by atoms with Crippen molar-refractivity contribution in [2.45, 2.75) is 26.9 Å². The Hall–Kier alpha value is -1.53. The van der Waals surface area contributed by atoms with Crippen molar-refractivity contribution in [3.05, 3.63) is 28.8 Å². The number of amides is 1. The van der Waals surface area contributed by atoms with Crippen molar-refractivity contribution in [2.75, 3.05) is 6.54 Å². The fraction of sp³-hybridized carbons (Fsp3) is 0.385. The molecule has 0 aromatic heterocycles. The third-order valence-corrected chi connectivity index (χ3v) is 3.12. The molecule has 0 spiro atoms. The van der Waals surface area contributed by atoms with Crippen LogP contribution < -0.4 is 20.9 Å². The van der Waals surface area contributed by atoms with Crippen molar-refractivity contribution in [1.82, 2.24) is 16.2 Å². The quantitative estimate of drug-likeness (QED) is 0.585. The van der Waals surface area contributed by atoms with E-state index in [1.165, 1.54) is 0 Å². The van der Waals surface area contributed by atoms with Crippen molar-refractivity contribution < 1.29 is 9.53 Å². The molecule has 0 unspecified atom stereocenters. The first kappa shape index (κ1) is 16.5. The highest BCUT2D eigenvalue weighted by Gasteiger charge is 2.14. The first-order chi connectivity index (χ1) is 9.43. The third kappa shape index (κ3) is 5.22. The van der Waals surface area contributed by atoms with Crippen LogP contribution in [0.15, 0.2) is 18.2 Å². The highest BCUT2D eigenvalue weighted by molar-refractivity contribution is 7.80. The first-order valence-electron chi connectivity index (χ1n) is 6.20. The van der Waals surface area contributed by atoms with Crippen LogP contribution in [0.3, 0.4) is 0 Å². The Labute approximate surface area is 129 Å². The normalized spacial score (nSPS) is 11.4. The van der Waals surface area contributed by atoms with Crippen LogP contribution in [0.5, 0.6) is 5.75 Å². The van der Waals surface area contributed by atoms with Gasteiger partial charge in [-0.05, 0) is 56.8 Å². The zero-order valence-electron chi connectivity index (χ0n) is 11.6. The summed E-state index contributed by atoms with van der Waals surface area (Å²) >= 11 is 10.9. The molecule has 0 radical (unpaired) electrons. The molecule has 110 valence electrons. The maximum atomic E-state index is 11.8. The molecule has 1 atom stereocenters. The standard InChI is InChI=1S/C13H18ClN3O2S/c1-4-15-13(20)17-16-12(18)9(3)19-10-5-6-11(14)8(2)7-10/h5-7,9H,4H2,1-3H3,(H,16,18)(H2,15,17,20)/t9-/m1/s1. The Kier molecular flexibility index (Phi) is 6.54. The zero-order valence-corrected chi connectivity index (χ0v) is 13.2. The number of hydrazine groups is 1. The van der Waals surface area contributed by atoms with Crippen LogP contribution in [-0.2, 0) is 4.79 Å². The van der Waals surface area contributed by atoms with Crippen LogP contribution in [0.1, 0.15) is 19.4 Å². The third-order valence-electron chi connectivity index (χ3n) is 2.45. The number of carbonyl (C=O) groups is 1.